The van der Waals surface area contributed by atoms with Crippen LogP contribution >= 0.6 is 0 Å². The number of hydrogen-bond acceptors (Lipinski definition) is 5. The highest BCUT2D eigenvalue weighted by Crippen LogP contribution is 2.18. The van der Waals surface area contributed by atoms with Crippen molar-refractivity contribution in [3.05, 3.63) is 59.2 Å². The number of hydrogen-bond donors (Lipinski definition) is 2. The highest BCUT2D eigenvalue weighted by Gasteiger charge is 2.14. The predicted molar refractivity (Wildman–Crippen MR) is 105 cm³/mol. The second kappa shape index (κ2) is 10.1. The van der Waals surface area contributed by atoms with Gasteiger partial charge in [-0.25, -0.2) is 0 Å². The molecule has 0 fully saturated rings. The van der Waals surface area contributed by atoms with Crippen LogP contribution in [0.3, 0.4) is 0 Å². The SMILES string of the molecule is CCOc1ccccc1C(=O)NCC(=O)OCC(=O)Nc1cccc(C)c1C. The minimum Gasteiger partial charge on any atom is -0.493 e. The highest BCUT2D eigenvalue weighted by atomic mass is 16.5. The third-order valence-corrected chi connectivity index (χ3v) is 4.07. The Morgan fingerprint density at radius 2 is 1.75 bits per heavy atom. The Labute approximate surface area is 164 Å². The lowest BCUT2D eigenvalue weighted by Crippen LogP contribution is -2.32. The molecule has 7 heteroatoms. The molecule has 0 aliphatic carbocycles. The molecule has 0 spiro atoms. The van der Waals surface area contributed by atoms with Crippen LogP contribution in [0, 0.1) is 13.8 Å². The molecule has 0 radical (unpaired) electrons. The van der Waals surface area contributed by atoms with E-state index in [2.05, 4.69) is 10.6 Å². The van der Waals surface area contributed by atoms with E-state index in [0.717, 1.165) is 11.1 Å². The van der Waals surface area contributed by atoms with Crippen LogP contribution in [-0.4, -0.2) is 37.5 Å². The predicted octanol–water partition coefficient (Wildman–Crippen LogP) is 2.61. The Morgan fingerprint density at radius 3 is 2.50 bits per heavy atom. The number of ether oxygens (including phenoxy) is 2. The van der Waals surface area contributed by atoms with Crippen molar-refractivity contribution in [1.82, 2.24) is 5.32 Å². The van der Waals surface area contributed by atoms with E-state index in [4.69, 9.17) is 9.47 Å². The molecule has 2 rings (SSSR count). The largest absolute Gasteiger partial charge is 0.493 e. The molecular weight excluding hydrogens is 360 g/mol. The van der Waals surface area contributed by atoms with Crippen LogP contribution in [0.15, 0.2) is 42.5 Å². The molecule has 2 aromatic rings. The summed E-state index contributed by atoms with van der Waals surface area (Å²) in [6, 6.07) is 12.3. The number of para-hydroxylation sites is 1. The molecule has 0 aliphatic rings. The summed E-state index contributed by atoms with van der Waals surface area (Å²) in [7, 11) is 0. The second-order valence-corrected chi connectivity index (χ2v) is 6.07. The number of esters is 1. The molecule has 0 saturated carbocycles. The third-order valence-electron chi connectivity index (χ3n) is 4.07. The van der Waals surface area contributed by atoms with E-state index in [9.17, 15) is 14.4 Å². The van der Waals surface area contributed by atoms with E-state index in [1.165, 1.54) is 0 Å². The number of carbonyl (C=O) groups excluding carboxylic acids is 3. The van der Waals surface area contributed by atoms with E-state index in [1.54, 1.807) is 30.3 Å². The van der Waals surface area contributed by atoms with Crippen molar-refractivity contribution < 1.29 is 23.9 Å². The lowest BCUT2D eigenvalue weighted by atomic mass is 10.1. The molecule has 0 atom stereocenters. The molecule has 0 heterocycles. The van der Waals surface area contributed by atoms with Crippen LogP contribution in [0.4, 0.5) is 5.69 Å². The summed E-state index contributed by atoms with van der Waals surface area (Å²) < 4.78 is 10.3. The summed E-state index contributed by atoms with van der Waals surface area (Å²) in [5.74, 6) is -1.18. The van der Waals surface area contributed by atoms with Gasteiger partial charge in [-0.2, -0.15) is 0 Å². The second-order valence-electron chi connectivity index (χ2n) is 6.07. The zero-order chi connectivity index (χ0) is 20.5. The third kappa shape index (κ3) is 5.84. The van der Waals surface area contributed by atoms with Crippen molar-refractivity contribution in [1.29, 1.82) is 0 Å². The van der Waals surface area contributed by atoms with Gasteiger partial charge in [-0.05, 0) is 50.1 Å². The fraction of sp³-hybridized carbons (Fsp3) is 0.286. The summed E-state index contributed by atoms with van der Waals surface area (Å²) >= 11 is 0. The normalized spacial score (nSPS) is 10.1. The number of benzene rings is 2. The molecule has 2 N–H and O–H groups in total. The average molecular weight is 384 g/mol. The number of anilines is 1. The van der Waals surface area contributed by atoms with Gasteiger partial charge in [0.15, 0.2) is 6.61 Å². The van der Waals surface area contributed by atoms with Gasteiger partial charge in [0.1, 0.15) is 12.3 Å². The van der Waals surface area contributed by atoms with Crippen LogP contribution in [-0.2, 0) is 14.3 Å². The van der Waals surface area contributed by atoms with Gasteiger partial charge in [0, 0.05) is 5.69 Å². The number of nitrogens with one attached hydrogen (secondary N) is 2. The number of aryl methyl sites for hydroxylation is 1. The van der Waals surface area contributed by atoms with Gasteiger partial charge in [0.25, 0.3) is 11.8 Å². The zero-order valence-electron chi connectivity index (χ0n) is 16.2. The molecule has 2 amide bonds. The van der Waals surface area contributed by atoms with Crippen molar-refractivity contribution in [3.63, 3.8) is 0 Å². The monoisotopic (exact) mass is 384 g/mol. The van der Waals surface area contributed by atoms with Gasteiger partial charge in [-0.1, -0.05) is 24.3 Å². The number of amides is 2. The Hall–Kier alpha value is -3.35. The molecule has 0 aromatic heterocycles. The quantitative estimate of drug-likeness (QED) is 0.683. The van der Waals surface area contributed by atoms with Crippen molar-refractivity contribution in [2.45, 2.75) is 20.8 Å². The molecule has 148 valence electrons. The molecule has 0 aliphatic heterocycles. The van der Waals surface area contributed by atoms with Crippen LogP contribution < -0.4 is 15.4 Å². The molecule has 0 saturated heterocycles. The molecule has 28 heavy (non-hydrogen) atoms. The first kappa shape index (κ1) is 21.0. The van der Waals surface area contributed by atoms with E-state index >= 15 is 0 Å². The Bertz CT molecular complexity index is 864. The maximum absolute atomic E-state index is 12.2. The lowest BCUT2D eigenvalue weighted by molar-refractivity contribution is -0.146. The van der Waals surface area contributed by atoms with Gasteiger partial charge in [-0.15, -0.1) is 0 Å². The minimum atomic E-state index is -0.710. The summed E-state index contributed by atoms with van der Waals surface area (Å²) in [6.07, 6.45) is 0. The van der Waals surface area contributed by atoms with Crippen LogP contribution in [0.25, 0.3) is 0 Å². The smallest absolute Gasteiger partial charge is 0.325 e. The minimum absolute atomic E-state index is 0.324. The lowest BCUT2D eigenvalue weighted by Gasteiger charge is -2.11. The molecule has 7 nitrogen and oxygen atoms in total. The van der Waals surface area contributed by atoms with E-state index in [-0.39, 0.29) is 6.54 Å². The molecular formula is C21H24N2O5. The van der Waals surface area contributed by atoms with Crippen LogP contribution in [0.2, 0.25) is 0 Å². The fourth-order valence-corrected chi connectivity index (χ4v) is 2.45. The van der Waals surface area contributed by atoms with Gasteiger partial charge < -0.3 is 20.1 Å². The van der Waals surface area contributed by atoms with Crippen molar-refractivity contribution >= 4 is 23.5 Å². The number of rotatable bonds is 8. The van der Waals surface area contributed by atoms with Crippen molar-refractivity contribution in [2.24, 2.45) is 0 Å². The topological polar surface area (TPSA) is 93.7 Å². The van der Waals surface area contributed by atoms with E-state index < -0.39 is 24.4 Å². The van der Waals surface area contributed by atoms with Gasteiger partial charge in [0.2, 0.25) is 0 Å². The number of carbonyl (C=O) groups is 3. The summed E-state index contributed by atoms with van der Waals surface area (Å²) in [5, 5.41) is 5.16. The summed E-state index contributed by atoms with van der Waals surface area (Å²) in [6.45, 7) is 5.29. The maximum atomic E-state index is 12.2. The Kier molecular flexibility index (Phi) is 7.56. The zero-order valence-corrected chi connectivity index (χ0v) is 16.2. The van der Waals surface area contributed by atoms with Gasteiger partial charge in [0.05, 0.1) is 12.2 Å². The Morgan fingerprint density at radius 1 is 1.00 bits per heavy atom. The summed E-state index contributed by atoms with van der Waals surface area (Å²) in [5.41, 5.74) is 2.99. The molecule has 0 bridgehead atoms. The van der Waals surface area contributed by atoms with Crippen LogP contribution in [0.5, 0.6) is 5.75 Å². The Balaban J connectivity index is 1.80. The molecule has 2 aromatic carbocycles. The summed E-state index contributed by atoms with van der Waals surface area (Å²) in [4.78, 5) is 36.0. The van der Waals surface area contributed by atoms with Gasteiger partial charge >= 0.3 is 5.97 Å². The first-order valence-corrected chi connectivity index (χ1v) is 8.94. The first-order valence-electron chi connectivity index (χ1n) is 8.94. The highest BCUT2D eigenvalue weighted by molar-refractivity contribution is 5.98. The van der Waals surface area contributed by atoms with Crippen LogP contribution in [0.1, 0.15) is 28.4 Å². The van der Waals surface area contributed by atoms with Crippen molar-refractivity contribution in [2.75, 3.05) is 25.1 Å². The van der Waals surface area contributed by atoms with E-state index in [0.29, 0.717) is 23.6 Å². The molecule has 0 unspecified atom stereocenters. The maximum Gasteiger partial charge on any atom is 0.325 e. The van der Waals surface area contributed by atoms with Gasteiger partial charge in [-0.3, -0.25) is 14.4 Å². The van der Waals surface area contributed by atoms with Crippen molar-refractivity contribution in [3.8, 4) is 5.75 Å². The average Bonchev–Trinajstić information content (AvgIpc) is 2.68. The standard InChI is InChI=1S/C21H24N2O5/c1-4-27-18-11-6-5-9-16(18)21(26)22-12-20(25)28-13-19(24)23-17-10-7-8-14(2)15(17)3/h5-11H,4,12-13H2,1-3H3,(H,22,26)(H,23,24). The van der Waals surface area contributed by atoms with E-state index in [1.807, 2.05) is 32.9 Å². The fourth-order valence-electron chi connectivity index (χ4n) is 2.45. The first-order chi connectivity index (χ1) is 13.4.